The van der Waals surface area contributed by atoms with E-state index in [1.165, 1.54) is 6.07 Å². The summed E-state index contributed by atoms with van der Waals surface area (Å²) in [6.45, 7) is 0.00581. The van der Waals surface area contributed by atoms with Gasteiger partial charge >= 0.3 is 0 Å². The predicted molar refractivity (Wildman–Crippen MR) is 65.0 cm³/mol. The van der Waals surface area contributed by atoms with Crippen LogP contribution in [0.15, 0.2) is 17.2 Å². The molecule has 2 aromatic rings. The van der Waals surface area contributed by atoms with E-state index in [2.05, 4.69) is 9.97 Å². The number of nitrogens with two attached hydrogens (primary N) is 1. The van der Waals surface area contributed by atoms with Crippen molar-refractivity contribution in [1.82, 2.24) is 14.5 Å². The lowest BCUT2D eigenvalue weighted by Crippen LogP contribution is -2.15. The number of hydrogen-bond acceptors (Lipinski definition) is 5. The van der Waals surface area contributed by atoms with Gasteiger partial charge in [-0.2, -0.15) is 0 Å². The van der Waals surface area contributed by atoms with Gasteiger partial charge in [0.2, 0.25) is 0 Å². The summed E-state index contributed by atoms with van der Waals surface area (Å²) in [6, 6.07) is 1.45. The third kappa shape index (κ3) is 1.68. The highest BCUT2D eigenvalue weighted by Gasteiger charge is 2.27. The largest absolute Gasteiger partial charge is 0.394 e. The zero-order valence-corrected chi connectivity index (χ0v) is 9.67. The van der Waals surface area contributed by atoms with Crippen LogP contribution in [0.1, 0.15) is 19.1 Å². The van der Waals surface area contributed by atoms with Crippen LogP contribution in [-0.4, -0.2) is 32.4 Å². The van der Waals surface area contributed by atoms with Gasteiger partial charge in [0.1, 0.15) is 17.6 Å². The first kappa shape index (κ1) is 11.2. The van der Waals surface area contributed by atoms with Gasteiger partial charge in [-0.1, -0.05) is 0 Å². The molecule has 96 valence electrons. The molecule has 0 radical (unpaired) electrons. The van der Waals surface area contributed by atoms with Crippen molar-refractivity contribution in [3.8, 4) is 0 Å². The highest BCUT2D eigenvalue weighted by atomic mass is 16.5. The second-order valence-electron chi connectivity index (χ2n) is 4.41. The van der Waals surface area contributed by atoms with Crippen LogP contribution in [0.2, 0.25) is 0 Å². The van der Waals surface area contributed by atoms with Gasteiger partial charge < -0.3 is 25.1 Å². The molecule has 1 aliphatic heterocycles. The van der Waals surface area contributed by atoms with Crippen LogP contribution < -0.4 is 11.3 Å². The Morgan fingerprint density at radius 3 is 3.17 bits per heavy atom. The molecule has 3 heterocycles. The number of ether oxygens (including phenoxy) is 1. The fourth-order valence-electron chi connectivity index (χ4n) is 2.33. The number of rotatable bonds is 2. The maximum atomic E-state index is 11.4. The smallest absolute Gasteiger partial charge is 0.251 e. The van der Waals surface area contributed by atoms with Crippen LogP contribution in [0.3, 0.4) is 0 Å². The topological polar surface area (TPSA) is 106 Å². The monoisotopic (exact) mass is 250 g/mol. The van der Waals surface area contributed by atoms with E-state index in [9.17, 15) is 4.79 Å². The van der Waals surface area contributed by atoms with Gasteiger partial charge in [-0.3, -0.25) is 4.79 Å². The van der Waals surface area contributed by atoms with Crippen molar-refractivity contribution in [3.63, 3.8) is 0 Å². The lowest BCUT2D eigenvalue weighted by Gasteiger charge is -2.14. The van der Waals surface area contributed by atoms with Crippen molar-refractivity contribution >= 4 is 16.9 Å². The molecule has 7 heteroatoms. The molecule has 0 aromatic carbocycles. The molecular weight excluding hydrogens is 236 g/mol. The molecule has 4 N–H and O–H groups in total. The molecule has 0 aliphatic carbocycles. The second-order valence-corrected chi connectivity index (χ2v) is 4.41. The quantitative estimate of drug-likeness (QED) is 0.694. The Bertz CT molecular complexity index is 633. The maximum Gasteiger partial charge on any atom is 0.251 e. The van der Waals surface area contributed by atoms with Crippen molar-refractivity contribution in [2.45, 2.75) is 25.2 Å². The number of aromatic nitrogens is 3. The molecule has 0 spiro atoms. The number of fused-ring (bicyclic) bond motifs is 1. The van der Waals surface area contributed by atoms with Crippen molar-refractivity contribution in [2.75, 3.05) is 12.3 Å². The molecular formula is C11H14N4O3. The Labute approximate surface area is 102 Å². The van der Waals surface area contributed by atoms with Crippen LogP contribution in [0, 0.1) is 0 Å². The van der Waals surface area contributed by atoms with Crippen LogP contribution in [0.5, 0.6) is 0 Å². The number of nitrogens with zero attached hydrogens (tertiary/aromatic N) is 2. The summed E-state index contributed by atoms with van der Waals surface area (Å²) in [6.07, 6.45) is 2.84. The molecule has 18 heavy (non-hydrogen) atoms. The molecule has 1 saturated heterocycles. The molecule has 3 rings (SSSR count). The van der Waals surface area contributed by atoms with Gasteiger partial charge in [-0.05, 0) is 12.8 Å². The Kier molecular flexibility index (Phi) is 2.57. The zero-order valence-electron chi connectivity index (χ0n) is 9.67. The first-order valence-corrected chi connectivity index (χ1v) is 5.80. The molecule has 0 amide bonds. The van der Waals surface area contributed by atoms with Gasteiger partial charge in [0.05, 0.1) is 24.6 Å². The third-order valence-corrected chi connectivity index (χ3v) is 3.21. The number of imidazole rings is 1. The zero-order chi connectivity index (χ0) is 12.7. The summed E-state index contributed by atoms with van der Waals surface area (Å²) in [5, 5.41) is 9.06. The number of hydrogen-bond donors (Lipinski definition) is 3. The number of pyridine rings is 1. The van der Waals surface area contributed by atoms with E-state index in [0.717, 1.165) is 12.8 Å². The fraction of sp³-hybridized carbons (Fsp3) is 0.455. The highest BCUT2D eigenvalue weighted by Crippen LogP contribution is 2.30. The minimum atomic E-state index is -0.265. The van der Waals surface area contributed by atoms with Crippen molar-refractivity contribution in [3.05, 3.63) is 22.7 Å². The van der Waals surface area contributed by atoms with Gasteiger partial charge in [0.15, 0.2) is 0 Å². The maximum absolute atomic E-state index is 11.4. The number of nitrogen functional groups attached to an aromatic ring is 1. The lowest BCUT2D eigenvalue weighted by molar-refractivity contribution is -0.0204. The van der Waals surface area contributed by atoms with Crippen molar-refractivity contribution in [1.29, 1.82) is 0 Å². The Morgan fingerprint density at radius 2 is 2.44 bits per heavy atom. The highest BCUT2D eigenvalue weighted by molar-refractivity contribution is 5.84. The molecule has 2 aromatic heterocycles. The Morgan fingerprint density at radius 1 is 1.61 bits per heavy atom. The van der Waals surface area contributed by atoms with Crippen molar-refractivity contribution in [2.24, 2.45) is 0 Å². The Balaban J connectivity index is 2.05. The minimum Gasteiger partial charge on any atom is -0.394 e. The summed E-state index contributed by atoms with van der Waals surface area (Å²) in [5.41, 5.74) is 6.66. The molecule has 2 atom stereocenters. The fourth-order valence-corrected chi connectivity index (χ4v) is 2.33. The SMILES string of the molecule is Nc1[nH]c(=O)cc2c1ncn2[C@@H]1CC[C@@H](CO)O1. The predicted octanol–water partition coefficient (Wildman–Crippen LogP) is -0.0233. The third-order valence-electron chi connectivity index (χ3n) is 3.21. The van der Waals surface area contributed by atoms with E-state index in [0.29, 0.717) is 11.0 Å². The van der Waals surface area contributed by atoms with Crippen LogP contribution in [0.25, 0.3) is 11.0 Å². The second kappa shape index (κ2) is 4.11. The number of nitrogens with one attached hydrogen (secondary N) is 1. The van der Waals surface area contributed by atoms with E-state index in [-0.39, 0.29) is 30.3 Å². The summed E-state index contributed by atoms with van der Waals surface area (Å²) in [7, 11) is 0. The molecule has 7 nitrogen and oxygen atoms in total. The first-order valence-electron chi connectivity index (χ1n) is 5.80. The summed E-state index contributed by atoms with van der Waals surface area (Å²) < 4.78 is 7.45. The van der Waals surface area contributed by atoms with Crippen LogP contribution >= 0.6 is 0 Å². The number of anilines is 1. The van der Waals surface area contributed by atoms with E-state index in [1.807, 2.05) is 0 Å². The summed E-state index contributed by atoms with van der Waals surface area (Å²) >= 11 is 0. The first-order chi connectivity index (χ1) is 8.69. The van der Waals surface area contributed by atoms with E-state index in [1.54, 1.807) is 10.9 Å². The van der Waals surface area contributed by atoms with Gasteiger partial charge in [0, 0.05) is 6.07 Å². The minimum absolute atomic E-state index is 0.00581. The number of H-pyrrole nitrogens is 1. The molecule has 0 saturated carbocycles. The standard InChI is InChI=1S/C11H14N4O3/c12-11-10-7(3-8(17)14-11)15(5-13-10)9-2-1-6(4-16)18-9/h3,5-6,9,16H,1-2,4H2,(H3,12,14,17)/t6-,9-/m0/s1. The van der Waals surface area contributed by atoms with Crippen LogP contribution in [-0.2, 0) is 4.74 Å². The van der Waals surface area contributed by atoms with Gasteiger partial charge in [0.25, 0.3) is 5.56 Å². The Hall–Kier alpha value is -1.86. The normalized spacial score (nSPS) is 23.8. The number of aliphatic hydroxyl groups is 1. The number of aromatic amines is 1. The van der Waals surface area contributed by atoms with Gasteiger partial charge in [-0.25, -0.2) is 4.98 Å². The van der Waals surface area contributed by atoms with E-state index in [4.69, 9.17) is 15.6 Å². The molecule has 0 bridgehead atoms. The molecule has 1 aliphatic rings. The average molecular weight is 250 g/mol. The van der Waals surface area contributed by atoms with Crippen molar-refractivity contribution < 1.29 is 9.84 Å². The average Bonchev–Trinajstić information content (AvgIpc) is 2.93. The lowest BCUT2D eigenvalue weighted by atomic mass is 10.2. The molecule has 1 fully saturated rings. The summed E-state index contributed by atoms with van der Waals surface area (Å²) in [4.78, 5) is 18.1. The van der Waals surface area contributed by atoms with Crippen LogP contribution in [0.4, 0.5) is 5.82 Å². The van der Waals surface area contributed by atoms with E-state index < -0.39 is 0 Å². The molecule has 0 unspecified atom stereocenters. The number of aliphatic hydroxyl groups excluding tert-OH is 1. The summed E-state index contributed by atoms with van der Waals surface area (Å²) in [5.74, 6) is 0.257. The van der Waals surface area contributed by atoms with E-state index >= 15 is 0 Å². The van der Waals surface area contributed by atoms with Gasteiger partial charge in [-0.15, -0.1) is 0 Å².